The quantitative estimate of drug-likeness (QED) is 0.368. The summed E-state index contributed by atoms with van der Waals surface area (Å²) >= 11 is 0. The molecule has 0 amide bonds. The van der Waals surface area contributed by atoms with Gasteiger partial charge < -0.3 is 28.4 Å². The van der Waals surface area contributed by atoms with Crippen molar-refractivity contribution in [1.29, 1.82) is 0 Å². The van der Waals surface area contributed by atoms with Gasteiger partial charge in [-0.05, 0) is 50.2 Å². The van der Waals surface area contributed by atoms with E-state index in [1.54, 1.807) is 36.4 Å². The zero-order valence-corrected chi connectivity index (χ0v) is 18.3. The summed E-state index contributed by atoms with van der Waals surface area (Å²) in [6.45, 7) is 4.91. The molecular weight excluding hydrogens is 404 g/mol. The number of esters is 2. The Bertz CT molecular complexity index is 806. The Hall–Kier alpha value is -3.42. The topological polar surface area (TPSA) is 89.5 Å². The minimum Gasteiger partial charge on any atom is -0.493 e. The molecule has 0 bridgehead atoms. The summed E-state index contributed by atoms with van der Waals surface area (Å²) in [4.78, 5) is 24.4. The lowest BCUT2D eigenvalue weighted by Gasteiger charge is -2.11. The van der Waals surface area contributed by atoms with Crippen LogP contribution < -0.4 is 18.9 Å². The van der Waals surface area contributed by atoms with Crippen LogP contribution in [0, 0.1) is 0 Å². The second kappa shape index (κ2) is 12.3. The highest BCUT2D eigenvalue weighted by Gasteiger charge is 2.14. The zero-order valence-electron chi connectivity index (χ0n) is 18.3. The van der Waals surface area contributed by atoms with Gasteiger partial charge in [-0.2, -0.15) is 0 Å². The van der Waals surface area contributed by atoms with E-state index in [0.29, 0.717) is 53.8 Å². The summed E-state index contributed by atoms with van der Waals surface area (Å²) in [5.41, 5.74) is 0.692. The van der Waals surface area contributed by atoms with Gasteiger partial charge in [-0.15, -0.1) is 0 Å². The van der Waals surface area contributed by atoms with Gasteiger partial charge in [0.25, 0.3) is 0 Å². The lowest BCUT2D eigenvalue weighted by Crippen LogP contribution is -2.11. The standard InChI is InChI=1S/C23H28O8/c1-5-28-18-10-8-16(14-20(18)26-3)22(24)30-12-7-13-31-23(25)17-9-11-19(29-6-2)21(15-17)27-4/h8-11,14-15H,5-7,12-13H2,1-4H3. The molecule has 8 heteroatoms. The second-order valence-electron chi connectivity index (χ2n) is 6.22. The fraction of sp³-hybridized carbons (Fsp3) is 0.391. The molecule has 168 valence electrons. The number of hydrogen-bond donors (Lipinski definition) is 0. The van der Waals surface area contributed by atoms with Crippen molar-refractivity contribution in [2.24, 2.45) is 0 Å². The number of rotatable bonds is 12. The maximum Gasteiger partial charge on any atom is 0.338 e. The highest BCUT2D eigenvalue weighted by atomic mass is 16.5. The molecular formula is C23H28O8. The van der Waals surface area contributed by atoms with Crippen LogP contribution in [0.5, 0.6) is 23.0 Å². The molecule has 0 aliphatic rings. The van der Waals surface area contributed by atoms with Crippen molar-refractivity contribution in [1.82, 2.24) is 0 Å². The van der Waals surface area contributed by atoms with Crippen molar-refractivity contribution < 1.29 is 38.0 Å². The van der Waals surface area contributed by atoms with E-state index in [2.05, 4.69) is 0 Å². The van der Waals surface area contributed by atoms with Gasteiger partial charge in [0.15, 0.2) is 23.0 Å². The van der Waals surface area contributed by atoms with E-state index in [1.165, 1.54) is 14.2 Å². The van der Waals surface area contributed by atoms with Crippen LogP contribution in [0.1, 0.15) is 41.0 Å². The molecule has 0 aliphatic carbocycles. The largest absolute Gasteiger partial charge is 0.493 e. The summed E-state index contributed by atoms with van der Waals surface area (Å²) in [6, 6.07) is 9.65. The van der Waals surface area contributed by atoms with E-state index in [1.807, 2.05) is 13.8 Å². The van der Waals surface area contributed by atoms with E-state index in [4.69, 9.17) is 28.4 Å². The smallest absolute Gasteiger partial charge is 0.338 e. The van der Waals surface area contributed by atoms with Crippen molar-refractivity contribution in [3.63, 3.8) is 0 Å². The third-order valence-corrected chi connectivity index (χ3v) is 4.15. The molecule has 0 heterocycles. The molecule has 0 fully saturated rings. The van der Waals surface area contributed by atoms with E-state index >= 15 is 0 Å². The zero-order chi connectivity index (χ0) is 22.6. The van der Waals surface area contributed by atoms with Gasteiger partial charge in [0.1, 0.15) is 0 Å². The Labute approximate surface area is 182 Å². The maximum atomic E-state index is 12.2. The molecule has 8 nitrogen and oxygen atoms in total. The number of carbonyl (C=O) groups excluding carboxylic acids is 2. The van der Waals surface area contributed by atoms with E-state index in [9.17, 15) is 9.59 Å². The molecule has 0 spiro atoms. The van der Waals surface area contributed by atoms with Crippen molar-refractivity contribution in [2.75, 3.05) is 40.6 Å². The van der Waals surface area contributed by atoms with Gasteiger partial charge in [-0.3, -0.25) is 0 Å². The average Bonchev–Trinajstić information content (AvgIpc) is 2.79. The lowest BCUT2D eigenvalue weighted by molar-refractivity contribution is 0.0395. The Morgan fingerprint density at radius 1 is 0.677 bits per heavy atom. The Morgan fingerprint density at radius 2 is 1.10 bits per heavy atom. The summed E-state index contributed by atoms with van der Waals surface area (Å²) in [6.07, 6.45) is 0.361. The van der Waals surface area contributed by atoms with Crippen LogP contribution in [0.3, 0.4) is 0 Å². The number of methoxy groups -OCH3 is 2. The monoisotopic (exact) mass is 432 g/mol. The lowest BCUT2D eigenvalue weighted by atomic mass is 10.2. The SMILES string of the molecule is CCOc1ccc(C(=O)OCCCOC(=O)c2ccc(OCC)c(OC)c2)cc1OC. The summed E-state index contributed by atoms with van der Waals surface area (Å²) < 4.78 is 31.8. The van der Waals surface area contributed by atoms with Crippen molar-refractivity contribution in [3.05, 3.63) is 47.5 Å². The van der Waals surface area contributed by atoms with Gasteiger partial charge in [0.05, 0.1) is 51.8 Å². The first-order chi connectivity index (χ1) is 15.0. The van der Waals surface area contributed by atoms with Crippen LogP contribution in [0.4, 0.5) is 0 Å². The van der Waals surface area contributed by atoms with Crippen LogP contribution in [0.15, 0.2) is 36.4 Å². The molecule has 0 atom stereocenters. The summed E-state index contributed by atoms with van der Waals surface area (Å²) in [5.74, 6) is 1.03. The molecule has 2 aromatic rings. The van der Waals surface area contributed by atoms with Crippen LogP contribution in [-0.4, -0.2) is 52.6 Å². The van der Waals surface area contributed by atoms with Crippen molar-refractivity contribution in [3.8, 4) is 23.0 Å². The normalized spacial score (nSPS) is 10.2. The molecule has 0 radical (unpaired) electrons. The molecule has 0 unspecified atom stereocenters. The third kappa shape index (κ3) is 6.80. The number of hydrogen-bond acceptors (Lipinski definition) is 8. The van der Waals surface area contributed by atoms with Crippen LogP contribution >= 0.6 is 0 Å². The number of carbonyl (C=O) groups is 2. The van der Waals surface area contributed by atoms with Gasteiger partial charge in [0.2, 0.25) is 0 Å². The fourth-order valence-electron chi connectivity index (χ4n) is 2.69. The molecule has 2 rings (SSSR count). The highest BCUT2D eigenvalue weighted by Crippen LogP contribution is 2.29. The van der Waals surface area contributed by atoms with Gasteiger partial charge >= 0.3 is 11.9 Å². The molecule has 0 saturated carbocycles. The van der Waals surface area contributed by atoms with E-state index in [0.717, 1.165) is 0 Å². The first-order valence-corrected chi connectivity index (χ1v) is 9.99. The molecule has 0 saturated heterocycles. The first-order valence-electron chi connectivity index (χ1n) is 9.99. The first kappa shape index (κ1) is 23.9. The van der Waals surface area contributed by atoms with Crippen molar-refractivity contribution >= 4 is 11.9 Å². The molecule has 0 aromatic heterocycles. The fourth-order valence-corrected chi connectivity index (χ4v) is 2.69. The number of benzene rings is 2. The van der Waals surface area contributed by atoms with Crippen molar-refractivity contribution in [2.45, 2.75) is 20.3 Å². The molecule has 0 aliphatic heterocycles. The minimum atomic E-state index is -0.496. The van der Waals surface area contributed by atoms with Crippen LogP contribution in [0.2, 0.25) is 0 Å². The Kier molecular flexibility index (Phi) is 9.48. The van der Waals surface area contributed by atoms with Gasteiger partial charge in [-0.25, -0.2) is 9.59 Å². The number of ether oxygens (including phenoxy) is 6. The van der Waals surface area contributed by atoms with Crippen LogP contribution in [-0.2, 0) is 9.47 Å². The second-order valence-corrected chi connectivity index (χ2v) is 6.22. The molecule has 2 aromatic carbocycles. The Morgan fingerprint density at radius 3 is 1.45 bits per heavy atom. The minimum absolute atomic E-state index is 0.105. The van der Waals surface area contributed by atoms with E-state index in [-0.39, 0.29) is 13.2 Å². The third-order valence-electron chi connectivity index (χ3n) is 4.15. The predicted molar refractivity (Wildman–Crippen MR) is 114 cm³/mol. The van der Waals surface area contributed by atoms with Gasteiger partial charge in [0, 0.05) is 6.42 Å². The van der Waals surface area contributed by atoms with Gasteiger partial charge in [-0.1, -0.05) is 0 Å². The van der Waals surface area contributed by atoms with E-state index < -0.39 is 11.9 Å². The molecule has 0 N–H and O–H groups in total. The maximum absolute atomic E-state index is 12.2. The predicted octanol–water partition coefficient (Wildman–Crippen LogP) is 3.91. The summed E-state index contributed by atoms with van der Waals surface area (Å²) in [5, 5.41) is 0. The van der Waals surface area contributed by atoms with Crippen LogP contribution in [0.25, 0.3) is 0 Å². The molecule has 31 heavy (non-hydrogen) atoms. The Balaban J connectivity index is 1.80. The summed E-state index contributed by atoms with van der Waals surface area (Å²) in [7, 11) is 3.00. The average molecular weight is 432 g/mol. The highest BCUT2D eigenvalue weighted by molar-refractivity contribution is 5.90.